The maximum absolute atomic E-state index is 13.1. The van der Waals surface area contributed by atoms with Crippen LogP contribution in [-0.2, 0) is 24.4 Å². The van der Waals surface area contributed by atoms with Crippen LogP contribution in [0, 0.1) is 5.82 Å². The van der Waals surface area contributed by atoms with Gasteiger partial charge in [-0.3, -0.25) is 9.79 Å². The molecule has 1 fully saturated rings. The van der Waals surface area contributed by atoms with E-state index in [1.807, 2.05) is 29.0 Å². The average molecular weight is 510 g/mol. The molecule has 0 bridgehead atoms. The molecule has 1 heterocycles. The number of hydrogen-bond acceptors (Lipinski definition) is 2. The van der Waals surface area contributed by atoms with Crippen molar-refractivity contribution in [2.24, 2.45) is 4.99 Å². The molecule has 1 N–H and O–H groups in total. The van der Waals surface area contributed by atoms with Crippen LogP contribution in [0.4, 0.5) is 4.39 Å². The Hall–Kier alpha value is -2.16. The normalized spacial score (nSPS) is 14.0. The lowest BCUT2D eigenvalue weighted by molar-refractivity contribution is -0.128. The van der Waals surface area contributed by atoms with E-state index in [-0.39, 0.29) is 35.7 Å². The molecule has 1 saturated heterocycles. The van der Waals surface area contributed by atoms with Gasteiger partial charge in [0.2, 0.25) is 5.91 Å². The Morgan fingerprint density at radius 3 is 2.48 bits per heavy atom. The highest BCUT2D eigenvalue weighted by molar-refractivity contribution is 14.0. The molecule has 0 saturated carbocycles. The molecule has 7 heteroatoms. The second-order valence-corrected chi connectivity index (χ2v) is 7.07. The molecule has 1 aliphatic rings. The number of halogens is 2. The van der Waals surface area contributed by atoms with Crippen LogP contribution in [0.5, 0.6) is 0 Å². The molecule has 0 radical (unpaired) electrons. The Kier molecular flexibility index (Phi) is 8.88. The largest absolute Gasteiger partial charge is 0.352 e. The molecule has 1 amide bonds. The first-order valence-electron chi connectivity index (χ1n) is 9.57. The van der Waals surface area contributed by atoms with Crippen molar-refractivity contribution in [2.45, 2.75) is 32.5 Å². The van der Waals surface area contributed by atoms with Crippen LogP contribution in [0.25, 0.3) is 0 Å². The number of hydrogen-bond donors (Lipinski definition) is 1. The van der Waals surface area contributed by atoms with Gasteiger partial charge in [-0.15, -0.1) is 24.0 Å². The maximum Gasteiger partial charge on any atom is 0.222 e. The fourth-order valence-corrected chi connectivity index (χ4v) is 3.46. The van der Waals surface area contributed by atoms with Crippen molar-refractivity contribution < 1.29 is 9.18 Å². The van der Waals surface area contributed by atoms with Crippen molar-refractivity contribution in [1.29, 1.82) is 0 Å². The van der Waals surface area contributed by atoms with Gasteiger partial charge in [0.05, 0.1) is 0 Å². The van der Waals surface area contributed by atoms with E-state index in [0.717, 1.165) is 35.6 Å². The number of nitrogens with zero attached hydrogens (tertiary/aromatic N) is 3. The SMILES string of the molecule is CN=C(NCc1ccccc1CN1CCCC1=O)N(C)Cc1ccc(F)cc1.I. The Morgan fingerprint density at radius 2 is 1.86 bits per heavy atom. The summed E-state index contributed by atoms with van der Waals surface area (Å²) >= 11 is 0. The average Bonchev–Trinajstić information content (AvgIpc) is 3.10. The minimum absolute atomic E-state index is 0. The lowest BCUT2D eigenvalue weighted by atomic mass is 10.1. The minimum Gasteiger partial charge on any atom is -0.352 e. The van der Waals surface area contributed by atoms with Crippen LogP contribution in [0.1, 0.15) is 29.5 Å². The number of amides is 1. The number of likely N-dealkylation sites (tertiary alicyclic amines) is 1. The van der Waals surface area contributed by atoms with E-state index in [1.165, 1.54) is 12.1 Å². The summed E-state index contributed by atoms with van der Waals surface area (Å²) in [5.74, 6) is 0.760. The highest BCUT2D eigenvalue weighted by atomic mass is 127. The summed E-state index contributed by atoms with van der Waals surface area (Å²) in [5, 5.41) is 3.39. The van der Waals surface area contributed by atoms with Gasteiger partial charge in [-0.2, -0.15) is 0 Å². The molecule has 2 aromatic rings. The zero-order valence-corrected chi connectivity index (χ0v) is 19.2. The molecule has 3 rings (SSSR count). The quantitative estimate of drug-likeness (QED) is 0.366. The van der Waals surface area contributed by atoms with Crippen molar-refractivity contribution in [3.8, 4) is 0 Å². The van der Waals surface area contributed by atoms with Gasteiger partial charge in [-0.1, -0.05) is 36.4 Å². The summed E-state index contributed by atoms with van der Waals surface area (Å²) in [4.78, 5) is 20.2. The summed E-state index contributed by atoms with van der Waals surface area (Å²) in [6.07, 6.45) is 1.60. The van der Waals surface area contributed by atoms with Gasteiger partial charge in [-0.05, 0) is 35.2 Å². The van der Waals surface area contributed by atoms with E-state index in [1.54, 1.807) is 19.2 Å². The van der Waals surface area contributed by atoms with E-state index in [4.69, 9.17) is 0 Å². The van der Waals surface area contributed by atoms with Crippen molar-refractivity contribution in [3.05, 3.63) is 71.0 Å². The summed E-state index contributed by atoms with van der Waals surface area (Å²) < 4.78 is 13.1. The van der Waals surface area contributed by atoms with Gasteiger partial charge < -0.3 is 15.1 Å². The topological polar surface area (TPSA) is 47.9 Å². The zero-order valence-electron chi connectivity index (χ0n) is 16.9. The smallest absolute Gasteiger partial charge is 0.222 e. The fourth-order valence-electron chi connectivity index (χ4n) is 3.46. The Bertz CT molecular complexity index is 841. The highest BCUT2D eigenvalue weighted by Gasteiger charge is 2.21. The summed E-state index contributed by atoms with van der Waals surface area (Å²) in [6, 6.07) is 14.7. The summed E-state index contributed by atoms with van der Waals surface area (Å²) in [7, 11) is 3.70. The molecule has 0 aromatic heterocycles. The van der Waals surface area contributed by atoms with E-state index in [2.05, 4.69) is 22.4 Å². The Morgan fingerprint density at radius 1 is 1.17 bits per heavy atom. The molecule has 5 nitrogen and oxygen atoms in total. The predicted molar refractivity (Wildman–Crippen MR) is 125 cm³/mol. The van der Waals surface area contributed by atoms with E-state index in [0.29, 0.717) is 26.1 Å². The number of nitrogens with one attached hydrogen (secondary N) is 1. The molecule has 1 aliphatic heterocycles. The van der Waals surface area contributed by atoms with Gasteiger partial charge in [0.1, 0.15) is 5.82 Å². The number of aliphatic imine (C=N–C) groups is 1. The molecule has 0 spiro atoms. The Balaban J connectivity index is 0.00000300. The highest BCUT2D eigenvalue weighted by Crippen LogP contribution is 2.17. The van der Waals surface area contributed by atoms with Crippen LogP contribution >= 0.6 is 24.0 Å². The number of carbonyl (C=O) groups excluding carboxylic acids is 1. The zero-order chi connectivity index (χ0) is 19.9. The van der Waals surface area contributed by atoms with Gasteiger partial charge in [-0.25, -0.2) is 4.39 Å². The van der Waals surface area contributed by atoms with Gasteiger partial charge >= 0.3 is 0 Å². The number of guanidine groups is 1. The third kappa shape index (κ3) is 6.42. The summed E-state index contributed by atoms with van der Waals surface area (Å²) in [5.41, 5.74) is 3.32. The first-order valence-corrected chi connectivity index (χ1v) is 9.57. The van der Waals surface area contributed by atoms with E-state index >= 15 is 0 Å². The van der Waals surface area contributed by atoms with Crippen molar-refractivity contribution in [2.75, 3.05) is 20.6 Å². The van der Waals surface area contributed by atoms with Gasteiger partial charge in [0, 0.05) is 46.7 Å². The lowest BCUT2D eigenvalue weighted by Gasteiger charge is -2.23. The molecule has 2 aromatic carbocycles. The van der Waals surface area contributed by atoms with Gasteiger partial charge in [0.15, 0.2) is 5.96 Å². The second-order valence-electron chi connectivity index (χ2n) is 7.07. The fraction of sp³-hybridized carbons (Fsp3) is 0.364. The third-order valence-corrected chi connectivity index (χ3v) is 4.99. The van der Waals surface area contributed by atoms with E-state index < -0.39 is 0 Å². The van der Waals surface area contributed by atoms with E-state index in [9.17, 15) is 9.18 Å². The lowest BCUT2D eigenvalue weighted by Crippen LogP contribution is -2.38. The van der Waals surface area contributed by atoms with Crippen molar-refractivity contribution in [1.82, 2.24) is 15.1 Å². The molecule has 0 atom stereocenters. The molecular formula is C22H28FIN4O. The molecule has 156 valence electrons. The predicted octanol–water partition coefficient (Wildman–Crippen LogP) is 3.77. The van der Waals surface area contributed by atoms with Crippen LogP contribution in [0.3, 0.4) is 0 Å². The second kappa shape index (κ2) is 11.1. The standard InChI is InChI=1S/C22H27FN4O.HI/c1-24-22(26(2)15-17-9-11-20(23)12-10-17)25-14-18-6-3-4-7-19(18)16-27-13-5-8-21(27)28;/h3-4,6-7,9-12H,5,8,13-16H2,1-2H3,(H,24,25);1H. The Labute approximate surface area is 189 Å². The third-order valence-electron chi connectivity index (χ3n) is 4.99. The van der Waals surface area contributed by atoms with Crippen molar-refractivity contribution in [3.63, 3.8) is 0 Å². The van der Waals surface area contributed by atoms with Crippen molar-refractivity contribution >= 4 is 35.8 Å². The minimum atomic E-state index is -0.234. The van der Waals surface area contributed by atoms with Crippen LogP contribution in [0.2, 0.25) is 0 Å². The number of rotatable bonds is 6. The molecule has 0 aliphatic carbocycles. The molecular weight excluding hydrogens is 482 g/mol. The first-order chi connectivity index (χ1) is 13.6. The summed E-state index contributed by atoms with van der Waals surface area (Å²) in [6.45, 7) is 2.74. The molecule has 0 unspecified atom stereocenters. The maximum atomic E-state index is 13.1. The number of benzene rings is 2. The van der Waals surface area contributed by atoms with Crippen LogP contribution in [0.15, 0.2) is 53.5 Å². The van der Waals surface area contributed by atoms with Crippen LogP contribution < -0.4 is 5.32 Å². The van der Waals surface area contributed by atoms with Gasteiger partial charge in [0.25, 0.3) is 0 Å². The molecule has 29 heavy (non-hydrogen) atoms. The number of carbonyl (C=O) groups is 1. The monoisotopic (exact) mass is 510 g/mol. The first kappa shape index (κ1) is 23.1. The van der Waals surface area contributed by atoms with Crippen LogP contribution in [-0.4, -0.2) is 42.3 Å².